The molecule has 1 atom stereocenters. The number of carbonyl (C=O) groups excluding carboxylic acids is 1. The van der Waals surface area contributed by atoms with Crippen molar-refractivity contribution in [2.24, 2.45) is 5.92 Å². The fraction of sp³-hybridized carbons (Fsp3) is 0.560. The van der Waals surface area contributed by atoms with Crippen LogP contribution in [0.2, 0.25) is 0 Å². The van der Waals surface area contributed by atoms with Crippen LogP contribution < -0.4 is 0 Å². The molecule has 0 aliphatic rings. The average Bonchev–Trinajstić information content (AvgIpc) is 2.72. The van der Waals surface area contributed by atoms with Gasteiger partial charge in [0.15, 0.2) is 5.78 Å². The Labute approximate surface area is 170 Å². The number of ketones is 1. The van der Waals surface area contributed by atoms with E-state index in [4.69, 9.17) is 5.11 Å². The Balaban J connectivity index is -0.000000169. The molecule has 1 unspecified atom stereocenters. The summed E-state index contributed by atoms with van der Waals surface area (Å²) in [4.78, 5) is 11.1. The van der Waals surface area contributed by atoms with Crippen LogP contribution in [-0.4, -0.2) is 17.5 Å². The maximum Gasteiger partial charge on any atom is 0.155 e. The van der Waals surface area contributed by atoms with Gasteiger partial charge in [-0.3, -0.25) is 4.79 Å². The van der Waals surface area contributed by atoms with Crippen molar-refractivity contribution in [2.75, 3.05) is 6.61 Å². The molecule has 0 amide bonds. The zero-order chi connectivity index (χ0) is 21.9. The molecule has 158 valence electrons. The SMILES string of the molecule is C=CC(/C=C\C)CCCO.CC.CC.C\C=C/C(/C=C/C(=O)CCC)=C\C. The van der Waals surface area contributed by atoms with Crippen LogP contribution in [0.25, 0.3) is 0 Å². The number of aliphatic hydroxyl groups is 1. The Kier molecular flexibility index (Phi) is 39.1. The van der Waals surface area contributed by atoms with Gasteiger partial charge in [0.25, 0.3) is 0 Å². The van der Waals surface area contributed by atoms with Crippen LogP contribution in [0.4, 0.5) is 0 Å². The summed E-state index contributed by atoms with van der Waals surface area (Å²) >= 11 is 0. The lowest BCUT2D eigenvalue weighted by atomic mass is 10.0. The van der Waals surface area contributed by atoms with Crippen molar-refractivity contribution >= 4 is 5.78 Å². The first-order valence-electron chi connectivity index (χ1n) is 10.5. The predicted molar refractivity (Wildman–Crippen MR) is 125 cm³/mol. The van der Waals surface area contributed by atoms with Crippen molar-refractivity contribution in [1.82, 2.24) is 0 Å². The van der Waals surface area contributed by atoms with Gasteiger partial charge in [-0.1, -0.05) is 77.2 Å². The van der Waals surface area contributed by atoms with Crippen LogP contribution in [0.5, 0.6) is 0 Å². The Hall–Kier alpha value is -1.67. The van der Waals surface area contributed by atoms with Crippen molar-refractivity contribution in [3.8, 4) is 0 Å². The van der Waals surface area contributed by atoms with Gasteiger partial charge in [0.2, 0.25) is 0 Å². The zero-order valence-corrected chi connectivity index (χ0v) is 19.3. The molecule has 0 rings (SSSR count). The minimum atomic E-state index is 0.200. The lowest BCUT2D eigenvalue weighted by Gasteiger charge is -2.03. The zero-order valence-electron chi connectivity index (χ0n) is 19.3. The minimum absolute atomic E-state index is 0.200. The van der Waals surface area contributed by atoms with Gasteiger partial charge in [-0.15, -0.1) is 6.58 Å². The molecule has 0 bridgehead atoms. The van der Waals surface area contributed by atoms with Gasteiger partial charge in [-0.05, 0) is 57.6 Å². The summed E-state index contributed by atoms with van der Waals surface area (Å²) in [6, 6.07) is 0. The highest BCUT2D eigenvalue weighted by molar-refractivity contribution is 5.90. The highest BCUT2D eigenvalue weighted by Gasteiger charge is 1.96. The van der Waals surface area contributed by atoms with E-state index in [9.17, 15) is 4.79 Å². The maximum absolute atomic E-state index is 11.1. The molecule has 0 fully saturated rings. The third kappa shape index (κ3) is 29.4. The summed E-state index contributed by atoms with van der Waals surface area (Å²) in [5.41, 5.74) is 1.08. The topological polar surface area (TPSA) is 37.3 Å². The molecule has 0 aliphatic carbocycles. The fourth-order valence-corrected chi connectivity index (χ4v) is 1.83. The molecular formula is C25H46O2. The van der Waals surface area contributed by atoms with Crippen LogP contribution in [0, 0.1) is 5.92 Å². The van der Waals surface area contributed by atoms with Crippen LogP contribution in [-0.2, 0) is 4.79 Å². The van der Waals surface area contributed by atoms with E-state index in [0.29, 0.717) is 12.3 Å². The fourth-order valence-electron chi connectivity index (χ4n) is 1.83. The van der Waals surface area contributed by atoms with Gasteiger partial charge < -0.3 is 5.11 Å². The van der Waals surface area contributed by atoms with Gasteiger partial charge >= 0.3 is 0 Å². The molecule has 0 aromatic carbocycles. The van der Waals surface area contributed by atoms with E-state index in [1.54, 1.807) is 6.08 Å². The number of hydrogen-bond acceptors (Lipinski definition) is 2. The first kappa shape index (κ1) is 33.0. The van der Waals surface area contributed by atoms with Gasteiger partial charge in [0.1, 0.15) is 0 Å². The number of aliphatic hydroxyl groups excluding tert-OH is 1. The van der Waals surface area contributed by atoms with E-state index in [2.05, 4.69) is 12.7 Å². The van der Waals surface area contributed by atoms with E-state index >= 15 is 0 Å². The molecule has 1 N–H and O–H groups in total. The van der Waals surface area contributed by atoms with E-state index in [1.807, 2.05) is 91.8 Å². The lowest BCUT2D eigenvalue weighted by molar-refractivity contribution is -0.114. The second-order valence-corrected chi connectivity index (χ2v) is 5.13. The maximum atomic E-state index is 11.1. The van der Waals surface area contributed by atoms with Gasteiger partial charge in [-0.25, -0.2) is 0 Å². The third-order valence-electron chi connectivity index (χ3n) is 3.09. The van der Waals surface area contributed by atoms with E-state index in [0.717, 1.165) is 24.8 Å². The first-order valence-corrected chi connectivity index (χ1v) is 10.5. The van der Waals surface area contributed by atoms with Crippen molar-refractivity contribution in [3.05, 3.63) is 60.8 Å². The number of rotatable bonds is 10. The highest BCUT2D eigenvalue weighted by atomic mass is 16.2. The van der Waals surface area contributed by atoms with Crippen LogP contribution in [0.15, 0.2) is 60.8 Å². The number of hydrogen-bond donors (Lipinski definition) is 1. The molecule has 0 radical (unpaired) electrons. The summed E-state index contributed by atoms with van der Waals surface area (Å²) in [6.07, 6.45) is 18.9. The van der Waals surface area contributed by atoms with Crippen molar-refractivity contribution in [1.29, 1.82) is 0 Å². The van der Waals surface area contributed by atoms with Gasteiger partial charge in [0.05, 0.1) is 0 Å². The molecular weight excluding hydrogens is 332 g/mol. The Morgan fingerprint density at radius 2 is 1.59 bits per heavy atom. The summed E-state index contributed by atoms with van der Waals surface area (Å²) in [6.45, 7) is 19.9. The smallest absolute Gasteiger partial charge is 0.155 e. The second kappa shape index (κ2) is 32.0. The van der Waals surface area contributed by atoms with Crippen LogP contribution in [0.3, 0.4) is 0 Å². The van der Waals surface area contributed by atoms with E-state index in [-0.39, 0.29) is 12.4 Å². The quantitative estimate of drug-likeness (QED) is 0.241. The van der Waals surface area contributed by atoms with Gasteiger partial charge in [0, 0.05) is 13.0 Å². The van der Waals surface area contributed by atoms with Crippen molar-refractivity contribution in [2.45, 2.75) is 81.1 Å². The highest BCUT2D eigenvalue weighted by Crippen LogP contribution is 2.08. The molecule has 2 nitrogen and oxygen atoms in total. The summed E-state index contributed by atoms with van der Waals surface area (Å²) in [5.74, 6) is 0.642. The van der Waals surface area contributed by atoms with Crippen LogP contribution in [0.1, 0.15) is 81.1 Å². The largest absolute Gasteiger partial charge is 0.396 e. The molecule has 0 aromatic rings. The Morgan fingerprint density at radius 1 is 1.00 bits per heavy atom. The third-order valence-corrected chi connectivity index (χ3v) is 3.09. The standard InChI is InChI=1S/C12H18O.C9H16O.2C2H6/c1-4-7-11(6-3)9-10-12(13)8-5-2;1-3-6-9(4-2)7-5-8-10;2*1-2/h4,6-7,9-10H,5,8H2,1-3H3;3-4,6,9-10H,2,5,7-8H2,1H3;2*1-2H3/b7-4-,10-9+,11-6+;6-3-;;. The summed E-state index contributed by atoms with van der Waals surface area (Å²) in [5, 5.41) is 8.52. The monoisotopic (exact) mass is 378 g/mol. The molecule has 27 heavy (non-hydrogen) atoms. The van der Waals surface area contributed by atoms with E-state index < -0.39 is 0 Å². The Morgan fingerprint density at radius 3 is 1.96 bits per heavy atom. The molecule has 0 heterocycles. The molecule has 0 aliphatic heterocycles. The normalized spacial score (nSPS) is 11.8. The van der Waals surface area contributed by atoms with E-state index in [1.165, 1.54) is 0 Å². The summed E-state index contributed by atoms with van der Waals surface area (Å²) < 4.78 is 0. The number of carbonyl (C=O) groups is 1. The molecule has 0 aromatic heterocycles. The molecule has 0 saturated heterocycles. The van der Waals surface area contributed by atoms with Gasteiger partial charge in [-0.2, -0.15) is 0 Å². The minimum Gasteiger partial charge on any atom is -0.396 e. The van der Waals surface area contributed by atoms with Crippen LogP contribution >= 0.6 is 0 Å². The Bertz CT molecular complexity index is 412. The lowest BCUT2D eigenvalue weighted by Crippen LogP contribution is -1.93. The molecule has 0 spiro atoms. The number of allylic oxidation sites excluding steroid dienone is 9. The average molecular weight is 379 g/mol. The second-order valence-electron chi connectivity index (χ2n) is 5.13. The molecule has 0 saturated carbocycles. The first-order chi connectivity index (χ1) is 13.1. The molecule has 2 heteroatoms. The summed E-state index contributed by atoms with van der Waals surface area (Å²) in [7, 11) is 0. The van der Waals surface area contributed by atoms with Crippen molar-refractivity contribution in [3.63, 3.8) is 0 Å². The predicted octanol–water partition coefficient (Wildman–Crippen LogP) is 7.62. The van der Waals surface area contributed by atoms with Crippen molar-refractivity contribution < 1.29 is 9.90 Å².